The topological polar surface area (TPSA) is 40.0 Å². The normalized spacial score (nSPS) is 10.2. The number of oxime groups is 1. The molecule has 4 nitrogen and oxygen atoms in total. The average Bonchev–Trinajstić information content (AvgIpc) is 2.25. The van der Waals surface area contributed by atoms with Gasteiger partial charge in [0, 0.05) is 0 Å². The molecule has 0 unspecified atom stereocenters. The summed E-state index contributed by atoms with van der Waals surface area (Å²) in [6.07, 6.45) is 1.55. The third kappa shape index (κ3) is 2.16. The molecule has 1 aromatic carbocycles. The smallest absolute Gasteiger partial charge is 0.131 e. The van der Waals surface area contributed by atoms with Crippen molar-refractivity contribution in [3.63, 3.8) is 0 Å². The van der Waals surface area contributed by atoms with Crippen LogP contribution in [0.2, 0.25) is 0 Å². The van der Waals surface area contributed by atoms with Crippen molar-refractivity contribution in [2.24, 2.45) is 5.16 Å². The van der Waals surface area contributed by atoms with E-state index in [1.807, 2.05) is 18.2 Å². The molecule has 0 saturated carbocycles. The zero-order valence-electron chi connectivity index (χ0n) is 8.48. The summed E-state index contributed by atoms with van der Waals surface area (Å²) in [7, 11) is 4.68. The van der Waals surface area contributed by atoms with Gasteiger partial charge in [-0.05, 0) is 12.1 Å². The highest BCUT2D eigenvalue weighted by atomic mass is 16.6. The van der Waals surface area contributed by atoms with Crippen LogP contribution in [0.3, 0.4) is 0 Å². The predicted octanol–water partition coefficient (Wildman–Crippen LogP) is 1.68. The van der Waals surface area contributed by atoms with E-state index in [9.17, 15) is 0 Å². The van der Waals surface area contributed by atoms with Crippen LogP contribution in [0.5, 0.6) is 11.5 Å². The van der Waals surface area contributed by atoms with E-state index >= 15 is 0 Å². The number of hydrogen-bond donors (Lipinski definition) is 0. The van der Waals surface area contributed by atoms with Crippen LogP contribution in [0.1, 0.15) is 5.56 Å². The second kappa shape index (κ2) is 5.11. The van der Waals surface area contributed by atoms with Gasteiger partial charge in [-0.15, -0.1) is 0 Å². The highest BCUT2D eigenvalue weighted by Crippen LogP contribution is 2.26. The lowest BCUT2D eigenvalue weighted by atomic mass is 10.2. The first-order valence-corrected chi connectivity index (χ1v) is 4.11. The molecule has 0 amide bonds. The van der Waals surface area contributed by atoms with Gasteiger partial charge in [-0.25, -0.2) is 0 Å². The van der Waals surface area contributed by atoms with E-state index in [4.69, 9.17) is 9.47 Å². The van der Waals surface area contributed by atoms with E-state index in [0.29, 0.717) is 11.5 Å². The number of methoxy groups -OCH3 is 2. The zero-order valence-corrected chi connectivity index (χ0v) is 8.48. The van der Waals surface area contributed by atoms with Gasteiger partial charge >= 0.3 is 0 Å². The molecule has 0 radical (unpaired) electrons. The monoisotopic (exact) mass is 195 g/mol. The summed E-state index contributed by atoms with van der Waals surface area (Å²) in [4.78, 5) is 4.60. The molecular weight excluding hydrogens is 182 g/mol. The van der Waals surface area contributed by atoms with E-state index in [-0.39, 0.29) is 0 Å². The van der Waals surface area contributed by atoms with Crippen LogP contribution in [0.25, 0.3) is 0 Å². The zero-order chi connectivity index (χ0) is 10.4. The molecule has 0 aromatic heterocycles. The van der Waals surface area contributed by atoms with Crippen molar-refractivity contribution < 1.29 is 14.3 Å². The minimum Gasteiger partial charge on any atom is -0.496 e. The number of rotatable bonds is 4. The molecule has 1 rings (SSSR count). The quantitative estimate of drug-likeness (QED) is 0.542. The Kier molecular flexibility index (Phi) is 3.79. The highest BCUT2D eigenvalue weighted by molar-refractivity contribution is 5.87. The molecule has 0 fully saturated rings. The van der Waals surface area contributed by atoms with Crippen LogP contribution in [0, 0.1) is 0 Å². The fraction of sp³-hybridized carbons (Fsp3) is 0.300. The Morgan fingerprint density at radius 1 is 1.07 bits per heavy atom. The molecule has 76 valence electrons. The molecule has 0 bridgehead atoms. The molecule has 14 heavy (non-hydrogen) atoms. The van der Waals surface area contributed by atoms with Gasteiger partial charge < -0.3 is 14.3 Å². The van der Waals surface area contributed by atoms with E-state index < -0.39 is 0 Å². The summed E-state index contributed by atoms with van der Waals surface area (Å²) >= 11 is 0. The lowest BCUT2D eigenvalue weighted by molar-refractivity contribution is 0.215. The Morgan fingerprint density at radius 2 is 1.64 bits per heavy atom. The second-order valence-corrected chi connectivity index (χ2v) is 2.49. The Labute approximate surface area is 83.1 Å². The summed E-state index contributed by atoms with van der Waals surface area (Å²) in [5, 5.41) is 3.67. The SMILES string of the molecule is CON=Cc1c(OC)cccc1OC. The molecule has 0 heterocycles. The summed E-state index contributed by atoms with van der Waals surface area (Å²) in [6, 6.07) is 5.51. The summed E-state index contributed by atoms with van der Waals surface area (Å²) in [6.45, 7) is 0. The maximum atomic E-state index is 5.16. The summed E-state index contributed by atoms with van der Waals surface area (Å²) in [5.74, 6) is 1.40. The third-order valence-corrected chi connectivity index (χ3v) is 1.75. The number of ether oxygens (including phenoxy) is 2. The number of benzene rings is 1. The Hall–Kier alpha value is -1.71. The largest absolute Gasteiger partial charge is 0.496 e. The van der Waals surface area contributed by atoms with E-state index in [1.54, 1.807) is 20.4 Å². The predicted molar refractivity (Wildman–Crippen MR) is 54.1 cm³/mol. The van der Waals surface area contributed by atoms with E-state index in [0.717, 1.165) is 5.56 Å². The van der Waals surface area contributed by atoms with Crippen molar-refractivity contribution in [2.45, 2.75) is 0 Å². The summed E-state index contributed by atoms with van der Waals surface area (Å²) in [5.41, 5.74) is 0.763. The van der Waals surface area contributed by atoms with Crippen molar-refractivity contribution in [3.8, 4) is 11.5 Å². The van der Waals surface area contributed by atoms with Gasteiger partial charge in [-0.3, -0.25) is 0 Å². The van der Waals surface area contributed by atoms with Gasteiger partial charge in [-0.1, -0.05) is 11.2 Å². The van der Waals surface area contributed by atoms with Crippen molar-refractivity contribution >= 4 is 6.21 Å². The van der Waals surface area contributed by atoms with Crippen LogP contribution < -0.4 is 9.47 Å². The van der Waals surface area contributed by atoms with Crippen molar-refractivity contribution in [2.75, 3.05) is 21.3 Å². The molecule has 4 heteroatoms. The first-order chi connectivity index (χ1) is 6.83. The van der Waals surface area contributed by atoms with E-state index in [2.05, 4.69) is 9.99 Å². The third-order valence-electron chi connectivity index (χ3n) is 1.75. The van der Waals surface area contributed by atoms with Crippen LogP contribution in [-0.4, -0.2) is 27.5 Å². The molecule has 0 saturated heterocycles. The van der Waals surface area contributed by atoms with Gasteiger partial charge in [0.15, 0.2) is 0 Å². The molecule has 0 atom stereocenters. The van der Waals surface area contributed by atoms with Crippen LogP contribution in [0.4, 0.5) is 0 Å². The van der Waals surface area contributed by atoms with Crippen LogP contribution in [0.15, 0.2) is 23.4 Å². The fourth-order valence-corrected chi connectivity index (χ4v) is 1.11. The lowest BCUT2D eigenvalue weighted by Crippen LogP contribution is -1.95. The maximum Gasteiger partial charge on any atom is 0.131 e. The van der Waals surface area contributed by atoms with Gasteiger partial charge in [0.2, 0.25) is 0 Å². The van der Waals surface area contributed by atoms with Crippen molar-refractivity contribution in [1.82, 2.24) is 0 Å². The van der Waals surface area contributed by atoms with E-state index in [1.165, 1.54) is 7.11 Å². The standard InChI is InChI=1S/C10H13NO3/c1-12-9-5-4-6-10(13-2)8(9)7-11-14-3/h4-7H,1-3H3. The number of hydrogen-bond acceptors (Lipinski definition) is 4. The highest BCUT2D eigenvalue weighted by Gasteiger charge is 2.06. The first kappa shape index (κ1) is 10.4. The summed E-state index contributed by atoms with van der Waals surface area (Å²) < 4.78 is 10.3. The van der Waals surface area contributed by atoms with Gasteiger partial charge in [0.05, 0.1) is 26.0 Å². The molecule has 0 spiro atoms. The molecule has 1 aromatic rings. The Bertz CT molecular complexity index is 301. The van der Waals surface area contributed by atoms with Gasteiger partial charge in [0.1, 0.15) is 18.6 Å². The first-order valence-electron chi connectivity index (χ1n) is 4.11. The minimum atomic E-state index is 0.699. The lowest BCUT2D eigenvalue weighted by Gasteiger charge is -2.08. The number of nitrogens with zero attached hydrogens (tertiary/aromatic N) is 1. The fourth-order valence-electron chi connectivity index (χ4n) is 1.11. The Balaban J connectivity index is 3.12. The van der Waals surface area contributed by atoms with Crippen LogP contribution in [-0.2, 0) is 4.84 Å². The molecule has 0 N–H and O–H groups in total. The van der Waals surface area contributed by atoms with Gasteiger partial charge in [0.25, 0.3) is 0 Å². The molecule has 0 aliphatic heterocycles. The Morgan fingerprint density at radius 3 is 2.07 bits per heavy atom. The van der Waals surface area contributed by atoms with Gasteiger partial charge in [-0.2, -0.15) is 0 Å². The average molecular weight is 195 g/mol. The van der Waals surface area contributed by atoms with Crippen molar-refractivity contribution in [3.05, 3.63) is 23.8 Å². The maximum absolute atomic E-state index is 5.16. The minimum absolute atomic E-state index is 0.699. The molecule has 0 aliphatic carbocycles. The molecular formula is C10H13NO3. The second-order valence-electron chi connectivity index (χ2n) is 2.49. The molecule has 0 aliphatic rings. The van der Waals surface area contributed by atoms with Crippen LogP contribution >= 0.6 is 0 Å². The van der Waals surface area contributed by atoms with Crippen molar-refractivity contribution in [1.29, 1.82) is 0 Å².